The van der Waals surface area contributed by atoms with Gasteiger partial charge >= 0.3 is 0 Å². The minimum Gasteiger partial charge on any atom is -0.492 e. The van der Waals surface area contributed by atoms with Gasteiger partial charge in [0.1, 0.15) is 23.7 Å². The summed E-state index contributed by atoms with van der Waals surface area (Å²) in [6.07, 6.45) is 0. The van der Waals surface area contributed by atoms with Gasteiger partial charge in [-0.15, -0.1) is 0 Å². The highest BCUT2D eigenvalue weighted by molar-refractivity contribution is 5.79. The molecule has 4 rings (SSSR count). The molecule has 2 aromatic carbocycles. The second-order valence-electron chi connectivity index (χ2n) is 6.89. The SMILES string of the molecule is Fc1cccc2ccc(CN3CCN(CCOc4ccccc4)CC3)nc12. The van der Waals surface area contributed by atoms with Crippen LogP contribution in [-0.2, 0) is 6.54 Å². The number of pyridine rings is 1. The summed E-state index contributed by atoms with van der Waals surface area (Å²) in [5.41, 5.74) is 1.39. The van der Waals surface area contributed by atoms with Gasteiger partial charge in [0.05, 0.1) is 5.69 Å². The van der Waals surface area contributed by atoms with Crippen molar-refractivity contribution >= 4 is 10.9 Å². The molecule has 27 heavy (non-hydrogen) atoms. The minimum absolute atomic E-state index is 0.252. The lowest BCUT2D eigenvalue weighted by molar-refractivity contribution is 0.112. The lowest BCUT2D eigenvalue weighted by Gasteiger charge is -2.34. The van der Waals surface area contributed by atoms with Crippen LogP contribution in [0.25, 0.3) is 10.9 Å². The molecule has 1 saturated heterocycles. The largest absolute Gasteiger partial charge is 0.492 e. The monoisotopic (exact) mass is 365 g/mol. The molecule has 5 heteroatoms. The summed E-state index contributed by atoms with van der Waals surface area (Å²) in [7, 11) is 0. The molecule has 0 unspecified atom stereocenters. The zero-order valence-corrected chi connectivity index (χ0v) is 15.4. The number of benzene rings is 2. The van der Waals surface area contributed by atoms with Crippen molar-refractivity contribution in [3.63, 3.8) is 0 Å². The average Bonchev–Trinajstić information content (AvgIpc) is 2.71. The number of para-hydroxylation sites is 2. The van der Waals surface area contributed by atoms with Crippen LogP contribution in [0, 0.1) is 5.82 Å². The topological polar surface area (TPSA) is 28.6 Å². The molecule has 0 N–H and O–H groups in total. The third-order valence-electron chi connectivity index (χ3n) is 5.00. The summed E-state index contributed by atoms with van der Waals surface area (Å²) in [5, 5.41) is 0.849. The van der Waals surface area contributed by atoms with E-state index in [-0.39, 0.29) is 5.82 Å². The van der Waals surface area contributed by atoms with Crippen molar-refractivity contribution in [1.29, 1.82) is 0 Å². The highest BCUT2D eigenvalue weighted by Gasteiger charge is 2.17. The molecule has 0 bridgehead atoms. The zero-order chi connectivity index (χ0) is 18.5. The molecular formula is C22H24FN3O. The quantitative estimate of drug-likeness (QED) is 0.668. The molecule has 4 nitrogen and oxygen atoms in total. The Labute approximate surface area is 159 Å². The number of hydrogen-bond acceptors (Lipinski definition) is 4. The summed E-state index contributed by atoms with van der Waals surface area (Å²) < 4.78 is 19.7. The van der Waals surface area contributed by atoms with Crippen molar-refractivity contribution < 1.29 is 9.13 Å². The van der Waals surface area contributed by atoms with Gasteiger partial charge in [-0.2, -0.15) is 0 Å². The Morgan fingerprint density at radius 3 is 2.44 bits per heavy atom. The van der Waals surface area contributed by atoms with Gasteiger partial charge in [0.25, 0.3) is 0 Å². The van der Waals surface area contributed by atoms with Crippen LogP contribution in [0.1, 0.15) is 5.69 Å². The van der Waals surface area contributed by atoms with E-state index in [2.05, 4.69) is 14.8 Å². The number of piperazine rings is 1. The Balaban J connectivity index is 1.25. The van der Waals surface area contributed by atoms with Crippen molar-refractivity contribution in [2.24, 2.45) is 0 Å². The van der Waals surface area contributed by atoms with E-state index < -0.39 is 0 Å². The number of rotatable bonds is 6. The summed E-state index contributed by atoms with van der Waals surface area (Å²) in [5.74, 6) is 0.670. The van der Waals surface area contributed by atoms with Gasteiger partial charge < -0.3 is 4.74 Å². The maximum Gasteiger partial charge on any atom is 0.149 e. The fourth-order valence-corrected chi connectivity index (χ4v) is 3.45. The first-order valence-electron chi connectivity index (χ1n) is 9.45. The number of fused-ring (bicyclic) bond motifs is 1. The Morgan fingerprint density at radius 2 is 1.63 bits per heavy atom. The Morgan fingerprint density at radius 1 is 0.852 bits per heavy atom. The molecular weight excluding hydrogens is 341 g/mol. The predicted molar refractivity (Wildman–Crippen MR) is 105 cm³/mol. The third kappa shape index (κ3) is 4.62. The summed E-state index contributed by atoms with van der Waals surface area (Å²) >= 11 is 0. The van der Waals surface area contributed by atoms with E-state index in [1.54, 1.807) is 6.07 Å². The molecule has 0 atom stereocenters. The first-order valence-corrected chi connectivity index (χ1v) is 9.45. The Hall–Kier alpha value is -2.50. The van der Waals surface area contributed by atoms with Gasteiger partial charge in [0.15, 0.2) is 0 Å². The molecule has 1 aliphatic rings. The van der Waals surface area contributed by atoms with Crippen molar-refractivity contribution in [2.45, 2.75) is 6.54 Å². The first-order chi connectivity index (χ1) is 13.3. The number of ether oxygens (including phenoxy) is 1. The van der Waals surface area contributed by atoms with E-state index in [1.807, 2.05) is 48.5 Å². The molecule has 0 radical (unpaired) electrons. The molecule has 140 valence electrons. The molecule has 0 saturated carbocycles. The fourth-order valence-electron chi connectivity index (χ4n) is 3.45. The molecule has 0 spiro atoms. The first kappa shape index (κ1) is 17.9. The van der Waals surface area contributed by atoms with Gasteiger partial charge in [0, 0.05) is 44.7 Å². The molecule has 0 aliphatic carbocycles. The number of nitrogens with zero attached hydrogens (tertiary/aromatic N) is 3. The molecule has 2 heterocycles. The van der Waals surface area contributed by atoms with Crippen LogP contribution < -0.4 is 4.74 Å². The minimum atomic E-state index is -0.252. The molecule has 1 aliphatic heterocycles. The molecule has 0 amide bonds. The van der Waals surface area contributed by atoms with Gasteiger partial charge in [-0.3, -0.25) is 9.80 Å². The van der Waals surface area contributed by atoms with E-state index in [1.165, 1.54) is 6.07 Å². The zero-order valence-electron chi connectivity index (χ0n) is 15.4. The van der Waals surface area contributed by atoms with E-state index >= 15 is 0 Å². The summed E-state index contributed by atoms with van der Waals surface area (Å²) in [6.45, 7) is 6.40. The third-order valence-corrected chi connectivity index (χ3v) is 5.00. The summed E-state index contributed by atoms with van der Waals surface area (Å²) in [6, 6.07) is 19.0. The van der Waals surface area contributed by atoms with E-state index in [4.69, 9.17) is 4.74 Å². The maximum atomic E-state index is 13.9. The Kier molecular flexibility index (Phi) is 5.61. The van der Waals surface area contributed by atoms with E-state index in [0.29, 0.717) is 12.1 Å². The molecule has 1 aromatic heterocycles. The fraction of sp³-hybridized carbons (Fsp3) is 0.318. The normalized spacial score (nSPS) is 15.9. The van der Waals surface area contributed by atoms with Crippen molar-refractivity contribution in [2.75, 3.05) is 39.3 Å². The number of hydrogen-bond donors (Lipinski definition) is 0. The maximum absolute atomic E-state index is 13.9. The van der Waals surface area contributed by atoms with Crippen LogP contribution in [0.5, 0.6) is 5.75 Å². The smallest absolute Gasteiger partial charge is 0.149 e. The van der Waals surface area contributed by atoms with Gasteiger partial charge in [-0.05, 0) is 24.3 Å². The van der Waals surface area contributed by atoms with Crippen LogP contribution in [0.4, 0.5) is 4.39 Å². The number of aromatic nitrogens is 1. The molecule has 3 aromatic rings. The van der Waals surface area contributed by atoms with Crippen LogP contribution in [0.3, 0.4) is 0 Å². The molecule has 1 fully saturated rings. The van der Waals surface area contributed by atoms with Crippen molar-refractivity contribution in [3.05, 3.63) is 72.2 Å². The van der Waals surface area contributed by atoms with Crippen LogP contribution >= 0.6 is 0 Å². The highest BCUT2D eigenvalue weighted by Crippen LogP contribution is 2.17. The van der Waals surface area contributed by atoms with Crippen LogP contribution in [-0.4, -0.2) is 54.1 Å². The van der Waals surface area contributed by atoms with Gasteiger partial charge in [-0.25, -0.2) is 9.37 Å². The second kappa shape index (κ2) is 8.46. The second-order valence-corrected chi connectivity index (χ2v) is 6.89. The van der Waals surface area contributed by atoms with Crippen molar-refractivity contribution in [1.82, 2.24) is 14.8 Å². The predicted octanol–water partition coefficient (Wildman–Crippen LogP) is 3.57. The lowest BCUT2D eigenvalue weighted by Crippen LogP contribution is -2.47. The standard InChI is InChI=1S/C22H24FN3O/c23-21-8-4-5-18-9-10-19(24-22(18)21)17-26-13-11-25(12-14-26)15-16-27-20-6-2-1-3-7-20/h1-10H,11-17H2. The number of halogens is 1. The van der Waals surface area contributed by atoms with Crippen molar-refractivity contribution in [3.8, 4) is 5.75 Å². The van der Waals surface area contributed by atoms with Crippen LogP contribution in [0.2, 0.25) is 0 Å². The van der Waals surface area contributed by atoms with E-state index in [0.717, 1.165) is 56.1 Å². The average molecular weight is 365 g/mol. The van der Waals surface area contributed by atoms with Crippen LogP contribution in [0.15, 0.2) is 60.7 Å². The van der Waals surface area contributed by atoms with E-state index in [9.17, 15) is 4.39 Å². The highest BCUT2D eigenvalue weighted by atomic mass is 19.1. The summed E-state index contributed by atoms with van der Waals surface area (Å²) in [4.78, 5) is 9.32. The lowest BCUT2D eigenvalue weighted by atomic mass is 10.2. The van der Waals surface area contributed by atoms with Gasteiger partial charge in [-0.1, -0.05) is 36.4 Å². The van der Waals surface area contributed by atoms with Gasteiger partial charge in [0.2, 0.25) is 0 Å². The Bertz CT molecular complexity index is 879.